The number of carbonyl (C=O) groups is 1. The summed E-state index contributed by atoms with van der Waals surface area (Å²) in [5.41, 5.74) is 0. The van der Waals surface area contributed by atoms with Crippen molar-refractivity contribution in [3.63, 3.8) is 0 Å². The molecular formula is C14H17NO3. The van der Waals surface area contributed by atoms with Crippen molar-refractivity contribution < 1.29 is 14.3 Å². The summed E-state index contributed by atoms with van der Waals surface area (Å²) in [6.07, 6.45) is 1.68. The van der Waals surface area contributed by atoms with Gasteiger partial charge in [-0.05, 0) is 44.0 Å². The highest BCUT2D eigenvalue weighted by molar-refractivity contribution is 5.64. The number of benzene rings is 1. The van der Waals surface area contributed by atoms with E-state index >= 15 is 0 Å². The highest BCUT2D eigenvalue weighted by atomic mass is 16.7. The third-order valence-electron chi connectivity index (χ3n) is 3.79. The van der Waals surface area contributed by atoms with Crippen molar-refractivity contribution >= 4 is 6.16 Å². The first kappa shape index (κ1) is 11.5. The minimum absolute atomic E-state index is 0.00344. The van der Waals surface area contributed by atoms with Gasteiger partial charge in [0.25, 0.3) is 0 Å². The van der Waals surface area contributed by atoms with Gasteiger partial charge in [-0.2, -0.15) is 0 Å². The van der Waals surface area contributed by atoms with E-state index in [9.17, 15) is 4.79 Å². The minimum Gasteiger partial charge on any atom is -0.429 e. The SMILES string of the molecule is O=C(Oc1ccccc1)OC1CN2CCC1CC2. The molecule has 0 amide bonds. The minimum atomic E-state index is -0.583. The summed E-state index contributed by atoms with van der Waals surface area (Å²) in [7, 11) is 0. The Morgan fingerprint density at radius 3 is 2.50 bits per heavy atom. The van der Waals surface area contributed by atoms with Crippen molar-refractivity contribution in [2.24, 2.45) is 5.92 Å². The van der Waals surface area contributed by atoms with Crippen LogP contribution in [0.2, 0.25) is 0 Å². The summed E-state index contributed by atoms with van der Waals surface area (Å²) in [5, 5.41) is 0. The van der Waals surface area contributed by atoms with Crippen molar-refractivity contribution in [3.8, 4) is 5.75 Å². The average molecular weight is 247 g/mol. The molecule has 0 saturated carbocycles. The lowest BCUT2D eigenvalue weighted by Crippen LogP contribution is -2.52. The van der Waals surface area contributed by atoms with E-state index in [4.69, 9.17) is 9.47 Å². The number of ether oxygens (including phenoxy) is 2. The van der Waals surface area contributed by atoms with Gasteiger partial charge in [-0.25, -0.2) is 4.79 Å². The number of nitrogens with zero attached hydrogens (tertiary/aromatic N) is 1. The number of carbonyl (C=O) groups excluding carboxylic acids is 1. The van der Waals surface area contributed by atoms with E-state index in [-0.39, 0.29) is 6.10 Å². The lowest BCUT2D eigenvalue weighted by atomic mass is 9.86. The van der Waals surface area contributed by atoms with Gasteiger partial charge in [0, 0.05) is 6.54 Å². The van der Waals surface area contributed by atoms with Crippen LogP contribution >= 0.6 is 0 Å². The largest absolute Gasteiger partial charge is 0.514 e. The third kappa shape index (κ3) is 2.48. The van der Waals surface area contributed by atoms with Gasteiger partial charge in [0.1, 0.15) is 11.9 Å². The Hall–Kier alpha value is -1.55. The Morgan fingerprint density at radius 1 is 1.17 bits per heavy atom. The van der Waals surface area contributed by atoms with Crippen LogP contribution in [0.25, 0.3) is 0 Å². The molecule has 2 bridgehead atoms. The number of para-hydroxylation sites is 1. The van der Waals surface area contributed by atoms with Crippen molar-refractivity contribution in [3.05, 3.63) is 30.3 Å². The van der Waals surface area contributed by atoms with E-state index in [0.717, 1.165) is 32.5 Å². The third-order valence-corrected chi connectivity index (χ3v) is 3.79. The molecule has 96 valence electrons. The summed E-state index contributed by atoms with van der Waals surface area (Å²) in [6.45, 7) is 3.13. The second-order valence-electron chi connectivity index (χ2n) is 4.96. The zero-order valence-electron chi connectivity index (χ0n) is 10.2. The maximum Gasteiger partial charge on any atom is 0.514 e. The second-order valence-corrected chi connectivity index (χ2v) is 4.96. The van der Waals surface area contributed by atoms with Crippen molar-refractivity contribution in [2.75, 3.05) is 19.6 Å². The predicted octanol–water partition coefficient (Wildman–Crippen LogP) is 2.30. The average Bonchev–Trinajstić information content (AvgIpc) is 2.41. The van der Waals surface area contributed by atoms with Gasteiger partial charge in [-0.15, -0.1) is 0 Å². The van der Waals surface area contributed by atoms with Crippen LogP contribution in [0.5, 0.6) is 5.75 Å². The molecule has 18 heavy (non-hydrogen) atoms. The Kier molecular flexibility index (Phi) is 3.19. The van der Waals surface area contributed by atoms with Crippen molar-refractivity contribution in [1.82, 2.24) is 4.90 Å². The Bertz CT molecular complexity index is 412. The molecule has 0 N–H and O–H groups in total. The first-order valence-corrected chi connectivity index (χ1v) is 6.47. The van der Waals surface area contributed by atoms with Gasteiger partial charge in [0.15, 0.2) is 0 Å². The number of hydrogen-bond donors (Lipinski definition) is 0. The summed E-state index contributed by atoms with van der Waals surface area (Å²) < 4.78 is 10.6. The molecule has 0 radical (unpaired) electrons. The maximum absolute atomic E-state index is 11.7. The van der Waals surface area contributed by atoms with Crippen molar-refractivity contribution in [2.45, 2.75) is 18.9 Å². The molecule has 3 aliphatic rings. The molecule has 0 aliphatic carbocycles. The van der Waals surface area contributed by atoms with Crippen molar-refractivity contribution in [1.29, 1.82) is 0 Å². The van der Waals surface area contributed by atoms with Gasteiger partial charge in [-0.3, -0.25) is 4.90 Å². The van der Waals surface area contributed by atoms with Crippen LogP contribution in [0.1, 0.15) is 12.8 Å². The molecule has 4 rings (SSSR count). The summed E-state index contributed by atoms with van der Waals surface area (Å²) in [4.78, 5) is 14.0. The van der Waals surface area contributed by atoms with E-state index in [0.29, 0.717) is 11.7 Å². The maximum atomic E-state index is 11.7. The molecule has 1 aromatic rings. The molecule has 0 aromatic heterocycles. The smallest absolute Gasteiger partial charge is 0.429 e. The molecule has 4 heteroatoms. The molecule has 1 aromatic carbocycles. The highest BCUT2D eigenvalue weighted by Gasteiger charge is 2.36. The van der Waals surface area contributed by atoms with Crippen LogP contribution in [0.4, 0.5) is 4.79 Å². The summed E-state index contributed by atoms with van der Waals surface area (Å²) in [6, 6.07) is 9.04. The summed E-state index contributed by atoms with van der Waals surface area (Å²) in [5.74, 6) is 1.04. The summed E-state index contributed by atoms with van der Waals surface area (Å²) >= 11 is 0. The van der Waals surface area contributed by atoms with Gasteiger partial charge < -0.3 is 9.47 Å². The molecule has 3 saturated heterocycles. The normalized spacial score (nSPS) is 29.9. The van der Waals surface area contributed by atoms with Crippen LogP contribution < -0.4 is 4.74 Å². The fraction of sp³-hybridized carbons (Fsp3) is 0.500. The quantitative estimate of drug-likeness (QED) is 0.593. The molecular weight excluding hydrogens is 230 g/mol. The van der Waals surface area contributed by atoms with Crippen LogP contribution in [0.3, 0.4) is 0 Å². The molecule has 3 fully saturated rings. The number of rotatable bonds is 2. The number of hydrogen-bond acceptors (Lipinski definition) is 4. The molecule has 1 unspecified atom stereocenters. The standard InChI is InChI=1S/C14H17NO3/c16-14(17-12-4-2-1-3-5-12)18-13-10-15-8-6-11(13)7-9-15/h1-5,11,13H,6-10H2. The highest BCUT2D eigenvalue weighted by Crippen LogP contribution is 2.29. The molecule has 3 heterocycles. The number of piperidine rings is 3. The van der Waals surface area contributed by atoms with E-state index < -0.39 is 6.16 Å². The monoisotopic (exact) mass is 247 g/mol. The van der Waals surface area contributed by atoms with E-state index in [1.54, 1.807) is 12.1 Å². The Balaban J connectivity index is 1.55. The fourth-order valence-corrected chi connectivity index (χ4v) is 2.78. The zero-order valence-corrected chi connectivity index (χ0v) is 10.2. The zero-order chi connectivity index (χ0) is 12.4. The molecule has 4 nitrogen and oxygen atoms in total. The lowest BCUT2D eigenvalue weighted by molar-refractivity contribution is -0.0462. The topological polar surface area (TPSA) is 38.8 Å². The Labute approximate surface area is 106 Å². The lowest BCUT2D eigenvalue weighted by Gasteiger charge is -2.43. The van der Waals surface area contributed by atoms with Crippen LogP contribution in [0.15, 0.2) is 30.3 Å². The number of fused-ring (bicyclic) bond motifs is 3. The van der Waals surface area contributed by atoms with Gasteiger partial charge in [0.2, 0.25) is 0 Å². The van der Waals surface area contributed by atoms with Crippen LogP contribution in [0, 0.1) is 5.92 Å². The van der Waals surface area contributed by atoms with E-state index in [1.165, 1.54) is 0 Å². The van der Waals surface area contributed by atoms with Gasteiger partial charge in [-0.1, -0.05) is 18.2 Å². The van der Waals surface area contributed by atoms with Gasteiger partial charge >= 0.3 is 6.16 Å². The first-order chi connectivity index (χ1) is 8.81. The first-order valence-electron chi connectivity index (χ1n) is 6.47. The van der Waals surface area contributed by atoms with E-state index in [1.807, 2.05) is 18.2 Å². The van der Waals surface area contributed by atoms with Gasteiger partial charge in [0.05, 0.1) is 0 Å². The second kappa shape index (κ2) is 4.98. The Morgan fingerprint density at radius 2 is 1.89 bits per heavy atom. The van der Waals surface area contributed by atoms with Crippen LogP contribution in [-0.4, -0.2) is 36.8 Å². The molecule has 1 atom stereocenters. The van der Waals surface area contributed by atoms with E-state index in [2.05, 4.69) is 4.90 Å². The molecule has 0 spiro atoms. The predicted molar refractivity (Wildman–Crippen MR) is 66.5 cm³/mol. The fourth-order valence-electron chi connectivity index (χ4n) is 2.78. The van der Waals surface area contributed by atoms with Crippen LogP contribution in [-0.2, 0) is 4.74 Å². The molecule has 3 aliphatic heterocycles.